The third kappa shape index (κ3) is 3.42. The molecule has 0 aromatic carbocycles. The molecule has 0 radical (unpaired) electrons. The molecule has 2 amide bonds. The van der Waals surface area contributed by atoms with Gasteiger partial charge in [0, 0.05) is 6.54 Å². The molecule has 1 rings (SSSR count). The van der Waals surface area contributed by atoms with E-state index in [-0.39, 0.29) is 12.5 Å². The monoisotopic (exact) mass is 243 g/mol. The van der Waals surface area contributed by atoms with Crippen LogP contribution in [0.1, 0.15) is 19.8 Å². The molecule has 1 heterocycles. The smallest absolute Gasteiger partial charge is 0.326 e. The summed E-state index contributed by atoms with van der Waals surface area (Å²) in [6.45, 7) is 1.73. The number of nitrogens with two attached hydrogens (primary N) is 1. The summed E-state index contributed by atoms with van der Waals surface area (Å²) in [4.78, 5) is 35.0. The highest BCUT2D eigenvalue weighted by Gasteiger charge is 2.33. The van der Waals surface area contributed by atoms with E-state index in [2.05, 4.69) is 5.32 Å². The first-order valence-electron chi connectivity index (χ1n) is 5.49. The molecule has 0 aromatic heterocycles. The zero-order valence-electron chi connectivity index (χ0n) is 9.68. The number of likely N-dealkylation sites (tertiary alicyclic amines) is 1. The maximum atomic E-state index is 11.7. The molecule has 17 heavy (non-hydrogen) atoms. The van der Waals surface area contributed by atoms with Crippen LogP contribution in [0.5, 0.6) is 0 Å². The molecule has 1 saturated heterocycles. The Labute approximate surface area is 98.9 Å². The summed E-state index contributed by atoms with van der Waals surface area (Å²) >= 11 is 0. The Hall–Kier alpha value is -1.63. The third-order valence-corrected chi connectivity index (χ3v) is 2.69. The van der Waals surface area contributed by atoms with Crippen LogP contribution in [0.3, 0.4) is 0 Å². The van der Waals surface area contributed by atoms with Gasteiger partial charge >= 0.3 is 5.97 Å². The van der Waals surface area contributed by atoms with E-state index in [0.29, 0.717) is 19.4 Å². The van der Waals surface area contributed by atoms with Crippen LogP contribution >= 0.6 is 0 Å². The summed E-state index contributed by atoms with van der Waals surface area (Å²) in [5.74, 6) is -1.82. The van der Waals surface area contributed by atoms with Crippen molar-refractivity contribution in [2.75, 3.05) is 13.1 Å². The second-order valence-electron chi connectivity index (χ2n) is 4.09. The quantitative estimate of drug-likeness (QED) is 0.557. The van der Waals surface area contributed by atoms with Gasteiger partial charge in [-0.05, 0) is 19.8 Å². The minimum Gasteiger partial charge on any atom is -0.480 e. The molecule has 0 spiro atoms. The molecule has 1 aliphatic heterocycles. The van der Waals surface area contributed by atoms with E-state index >= 15 is 0 Å². The van der Waals surface area contributed by atoms with Gasteiger partial charge in [-0.1, -0.05) is 0 Å². The molecule has 7 nitrogen and oxygen atoms in total. The van der Waals surface area contributed by atoms with Crippen molar-refractivity contribution in [2.24, 2.45) is 5.73 Å². The van der Waals surface area contributed by atoms with Gasteiger partial charge in [-0.3, -0.25) is 9.59 Å². The number of carboxylic acids is 1. The van der Waals surface area contributed by atoms with Gasteiger partial charge in [0.25, 0.3) is 0 Å². The summed E-state index contributed by atoms with van der Waals surface area (Å²) < 4.78 is 0. The third-order valence-electron chi connectivity index (χ3n) is 2.69. The van der Waals surface area contributed by atoms with Crippen LogP contribution in [0.2, 0.25) is 0 Å². The maximum Gasteiger partial charge on any atom is 0.326 e. The number of hydrogen-bond donors (Lipinski definition) is 3. The summed E-state index contributed by atoms with van der Waals surface area (Å²) in [5, 5.41) is 11.3. The number of nitrogens with zero attached hydrogens (tertiary/aromatic N) is 1. The summed E-state index contributed by atoms with van der Waals surface area (Å²) in [7, 11) is 0. The molecular weight excluding hydrogens is 226 g/mol. The first-order valence-corrected chi connectivity index (χ1v) is 5.49. The number of aliphatic carboxylic acids is 1. The fourth-order valence-electron chi connectivity index (χ4n) is 1.75. The standard InChI is InChI=1S/C10H17N3O4/c1-6(11)9(15)12-5-8(14)13-4-2-3-7(13)10(16)17/h6-7H,2-5,11H2,1H3,(H,12,15)(H,16,17)/t6-,7-/m0/s1. The first kappa shape index (κ1) is 13.4. The van der Waals surface area contributed by atoms with Crippen LogP contribution < -0.4 is 11.1 Å². The molecule has 0 aliphatic carbocycles. The predicted octanol–water partition coefficient (Wildman–Crippen LogP) is -1.47. The summed E-state index contributed by atoms with van der Waals surface area (Å²) in [5.41, 5.74) is 5.32. The Morgan fingerprint density at radius 3 is 2.71 bits per heavy atom. The number of carboxylic acid groups (broad SMARTS) is 1. The van der Waals surface area contributed by atoms with E-state index in [1.54, 1.807) is 0 Å². The number of carbonyl (C=O) groups excluding carboxylic acids is 2. The van der Waals surface area contributed by atoms with Crippen LogP contribution in [-0.2, 0) is 14.4 Å². The van der Waals surface area contributed by atoms with Crippen molar-refractivity contribution in [3.05, 3.63) is 0 Å². The lowest BCUT2D eigenvalue weighted by Gasteiger charge is -2.21. The molecule has 7 heteroatoms. The number of hydrogen-bond acceptors (Lipinski definition) is 4. The Balaban J connectivity index is 2.47. The number of rotatable bonds is 4. The Kier molecular flexibility index (Phi) is 4.45. The second kappa shape index (κ2) is 5.62. The highest BCUT2D eigenvalue weighted by Crippen LogP contribution is 2.17. The number of nitrogens with one attached hydrogen (secondary N) is 1. The van der Waals surface area contributed by atoms with Gasteiger partial charge in [-0.25, -0.2) is 4.79 Å². The maximum absolute atomic E-state index is 11.7. The zero-order valence-corrected chi connectivity index (χ0v) is 9.68. The average Bonchev–Trinajstić information content (AvgIpc) is 2.73. The molecule has 4 N–H and O–H groups in total. The molecule has 0 aromatic rings. The number of amides is 2. The van der Waals surface area contributed by atoms with Crippen molar-refractivity contribution in [2.45, 2.75) is 31.8 Å². The number of carbonyl (C=O) groups is 3. The molecule has 0 unspecified atom stereocenters. The van der Waals surface area contributed by atoms with Crippen LogP contribution in [0.25, 0.3) is 0 Å². The lowest BCUT2D eigenvalue weighted by Crippen LogP contribution is -2.47. The van der Waals surface area contributed by atoms with Crippen molar-refractivity contribution in [1.29, 1.82) is 0 Å². The topological polar surface area (TPSA) is 113 Å². The van der Waals surface area contributed by atoms with Crippen molar-refractivity contribution >= 4 is 17.8 Å². The van der Waals surface area contributed by atoms with Gasteiger partial charge in [-0.15, -0.1) is 0 Å². The van der Waals surface area contributed by atoms with Crippen molar-refractivity contribution in [1.82, 2.24) is 10.2 Å². The van der Waals surface area contributed by atoms with E-state index in [0.717, 1.165) is 0 Å². The van der Waals surface area contributed by atoms with E-state index in [9.17, 15) is 14.4 Å². The van der Waals surface area contributed by atoms with Crippen LogP contribution in [0.4, 0.5) is 0 Å². The highest BCUT2D eigenvalue weighted by atomic mass is 16.4. The molecule has 96 valence electrons. The average molecular weight is 243 g/mol. The van der Waals surface area contributed by atoms with Gasteiger partial charge < -0.3 is 21.1 Å². The zero-order chi connectivity index (χ0) is 13.0. The van der Waals surface area contributed by atoms with Gasteiger partial charge in [0.15, 0.2) is 0 Å². The molecule has 1 aliphatic rings. The van der Waals surface area contributed by atoms with E-state index in [4.69, 9.17) is 10.8 Å². The largest absolute Gasteiger partial charge is 0.480 e. The van der Waals surface area contributed by atoms with Crippen molar-refractivity contribution < 1.29 is 19.5 Å². The van der Waals surface area contributed by atoms with Gasteiger partial charge in [-0.2, -0.15) is 0 Å². The van der Waals surface area contributed by atoms with Gasteiger partial charge in [0.05, 0.1) is 12.6 Å². The normalized spacial score (nSPS) is 21.1. The SMILES string of the molecule is C[C@H](N)C(=O)NCC(=O)N1CCC[C@H]1C(=O)O. The van der Waals surface area contributed by atoms with E-state index in [1.165, 1.54) is 11.8 Å². The molecule has 1 fully saturated rings. The fourth-order valence-corrected chi connectivity index (χ4v) is 1.75. The van der Waals surface area contributed by atoms with Crippen molar-refractivity contribution in [3.8, 4) is 0 Å². The van der Waals surface area contributed by atoms with Gasteiger partial charge in [0.1, 0.15) is 6.04 Å². The van der Waals surface area contributed by atoms with E-state index < -0.39 is 24.0 Å². The lowest BCUT2D eigenvalue weighted by atomic mass is 10.2. The Bertz CT molecular complexity index is 330. The summed E-state index contributed by atoms with van der Waals surface area (Å²) in [6, 6.07) is -1.45. The Morgan fingerprint density at radius 2 is 2.18 bits per heavy atom. The van der Waals surface area contributed by atoms with E-state index in [1.807, 2.05) is 0 Å². The second-order valence-corrected chi connectivity index (χ2v) is 4.09. The molecule has 2 atom stereocenters. The molecule has 0 bridgehead atoms. The fraction of sp³-hybridized carbons (Fsp3) is 0.700. The molecular formula is C10H17N3O4. The van der Waals surface area contributed by atoms with Crippen LogP contribution in [0, 0.1) is 0 Å². The minimum absolute atomic E-state index is 0.204. The summed E-state index contributed by atoms with van der Waals surface area (Å²) in [6.07, 6.45) is 1.13. The predicted molar refractivity (Wildman–Crippen MR) is 59.0 cm³/mol. The van der Waals surface area contributed by atoms with Gasteiger partial charge in [0.2, 0.25) is 11.8 Å². The lowest BCUT2D eigenvalue weighted by molar-refractivity contribution is -0.148. The Morgan fingerprint density at radius 1 is 1.53 bits per heavy atom. The molecule has 0 saturated carbocycles. The highest BCUT2D eigenvalue weighted by molar-refractivity contribution is 5.89. The van der Waals surface area contributed by atoms with Crippen LogP contribution in [0.15, 0.2) is 0 Å². The first-order chi connectivity index (χ1) is 7.93. The van der Waals surface area contributed by atoms with Crippen molar-refractivity contribution in [3.63, 3.8) is 0 Å². The minimum atomic E-state index is -1.01. The van der Waals surface area contributed by atoms with Crippen LogP contribution in [-0.4, -0.2) is 53.0 Å².